The number of carbonyl (C=O) groups excluding carboxylic acids is 5. The van der Waals surface area contributed by atoms with E-state index in [4.69, 9.17) is 11.6 Å². The molecule has 1 aromatic heterocycles. The zero-order valence-corrected chi connectivity index (χ0v) is 38.7. The molecule has 2 bridgehead atoms. The molecule has 7 fully saturated rings. The van der Waals surface area contributed by atoms with Crippen LogP contribution in [0.1, 0.15) is 123 Å². The molecule has 9 aliphatic rings. The summed E-state index contributed by atoms with van der Waals surface area (Å²) in [5.74, 6) is 4.11. The molecule has 6 heterocycles. The fourth-order valence-electron chi connectivity index (χ4n) is 13.3. The van der Waals surface area contributed by atoms with Crippen molar-refractivity contribution < 1.29 is 41.5 Å². The highest BCUT2D eigenvalue weighted by Gasteiger charge is 2.74. The fourth-order valence-corrected chi connectivity index (χ4v) is 13.5. The predicted octanol–water partition coefficient (Wildman–Crippen LogP) is 6.60. The number of benzene rings is 2. The van der Waals surface area contributed by atoms with E-state index in [1.807, 2.05) is 31.7 Å². The van der Waals surface area contributed by atoms with Gasteiger partial charge in [-0.2, -0.15) is 13.2 Å². The third-order valence-corrected chi connectivity index (χ3v) is 16.9. The second kappa shape index (κ2) is 15.2. The second-order valence-corrected chi connectivity index (χ2v) is 22.5. The van der Waals surface area contributed by atoms with Crippen LogP contribution in [0.15, 0.2) is 48.7 Å². The van der Waals surface area contributed by atoms with Crippen LogP contribution in [0.5, 0.6) is 0 Å². The minimum atomic E-state index is -4.68. The lowest BCUT2D eigenvalue weighted by molar-refractivity contribution is -0.195. The molecule has 4 N–H and O–H groups in total. The number of pyridine rings is 1. The Kier molecular flexibility index (Phi) is 10.1. The highest BCUT2D eigenvalue weighted by Crippen LogP contribution is 2.69. The van der Waals surface area contributed by atoms with Crippen molar-refractivity contribution in [1.82, 2.24) is 30.7 Å². The largest absolute Gasteiger partial charge is 0.433 e. The van der Waals surface area contributed by atoms with Gasteiger partial charge in [-0.25, -0.2) is 4.39 Å². The molecule has 5 aliphatic heterocycles. The van der Waals surface area contributed by atoms with E-state index in [9.17, 15) is 37.1 Å². The van der Waals surface area contributed by atoms with E-state index in [0.717, 1.165) is 36.5 Å². The van der Waals surface area contributed by atoms with Crippen molar-refractivity contribution in [1.29, 1.82) is 0 Å². The molecule has 3 aromatic rings. The van der Waals surface area contributed by atoms with Gasteiger partial charge in [-0.1, -0.05) is 62.4 Å². The van der Waals surface area contributed by atoms with Gasteiger partial charge in [0, 0.05) is 90.0 Å². The summed E-state index contributed by atoms with van der Waals surface area (Å²) in [6.07, 6.45) is 1.55. The Labute approximate surface area is 396 Å². The van der Waals surface area contributed by atoms with Crippen LogP contribution < -0.4 is 21.3 Å². The van der Waals surface area contributed by atoms with Crippen LogP contribution in [0.25, 0.3) is 0 Å². The number of imide groups is 1. The molecule has 5 amide bonds. The fraction of sp³-hybridized carbons (Fsp3) is 0.529. The predicted molar refractivity (Wildman–Crippen MR) is 241 cm³/mol. The number of fused-ring (bicyclic) bond motifs is 3. The number of hydrogen-bond donors (Lipinski definition) is 4. The Hall–Kier alpha value is -5.53. The molecular weight excluding hydrogens is 902 g/mol. The number of hydrogen-bond acceptors (Lipinski definition) is 8. The molecule has 4 saturated carbocycles. The first kappa shape index (κ1) is 44.9. The van der Waals surface area contributed by atoms with Gasteiger partial charge in [-0.05, 0) is 97.6 Å². The Bertz CT molecular complexity index is 2770. The van der Waals surface area contributed by atoms with Gasteiger partial charge in [0.05, 0.1) is 16.5 Å². The topological polar surface area (TPSA) is 153 Å². The van der Waals surface area contributed by atoms with E-state index in [2.05, 4.69) is 38.1 Å². The van der Waals surface area contributed by atoms with Crippen molar-refractivity contribution in [3.63, 3.8) is 0 Å². The van der Waals surface area contributed by atoms with Gasteiger partial charge < -0.3 is 25.8 Å². The van der Waals surface area contributed by atoms with Crippen molar-refractivity contribution in [3.05, 3.63) is 93.0 Å². The minimum absolute atomic E-state index is 0.0203. The highest BCUT2D eigenvalue weighted by atomic mass is 35.5. The number of carbonyl (C=O) groups is 5. The van der Waals surface area contributed by atoms with Crippen molar-refractivity contribution in [2.24, 2.45) is 22.2 Å². The lowest BCUT2D eigenvalue weighted by atomic mass is 9.38. The second-order valence-electron chi connectivity index (χ2n) is 22.1. The Morgan fingerprint density at radius 1 is 1.03 bits per heavy atom. The molecule has 68 heavy (non-hydrogen) atoms. The lowest BCUT2D eigenvalue weighted by Gasteiger charge is -2.70. The third kappa shape index (κ3) is 7.03. The number of halogens is 5. The minimum Gasteiger partial charge on any atom is -0.384 e. The molecule has 2 spiro atoms. The molecule has 12 rings (SSSR count). The van der Waals surface area contributed by atoms with E-state index in [0.29, 0.717) is 49.9 Å². The van der Waals surface area contributed by atoms with Gasteiger partial charge in [0.1, 0.15) is 17.6 Å². The first-order valence-electron chi connectivity index (χ1n) is 23.6. The van der Waals surface area contributed by atoms with Crippen molar-refractivity contribution >= 4 is 46.8 Å². The van der Waals surface area contributed by atoms with E-state index in [1.165, 1.54) is 17.2 Å². The highest BCUT2D eigenvalue weighted by molar-refractivity contribution is 6.30. The average molecular weight is 954 g/mol. The summed E-state index contributed by atoms with van der Waals surface area (Å²) in [5.41, 5.74) is -0.599. The van der Waals surface area contributed by atoms with Gasteiger partial charge in [0.25, 0.3) is 5.91 Å². The smallest absolute Gasteiger partial charge is 0.384 e. The normalized spacial score (nSPS) is 31.8. The molecule has 3 saturated heterocycles. The SMILES string of the molecule is CC(C)(C)C[C@@H]1N[C@@H](C(=O)NC23CC(C(=O)N4CCC5(CC4)C[C@@H]5C#Cc4cccc5c4CN(C4CCC(=O)NC4=O)C5=O)(C2)C3)[C@H](c2cccc(Cl)c2F)[C@]12CNc1cc(C(F)(F)F)ncc12. The Balaban J connectivity index is 0.754. The van der Waals surface area contributed by atoms with Crippen LogP contribution in [-0.2, 0) is 37.3 Å². The van der Waals surface area contributed by atoms with Crippen molar-refractivity contribution in [2.45, 2.75) is 126 Å². The number of piperidine rings is 2. The number of nitrogens with one attached hydrogen (secondary N) is 4. The van der Waals surface area contributed by atoms with Gasteiger partial charge in [0.15, 0.2) is 0 Å². The lowest BCUT2D eigenvalue weighted by Crippen LogP contribution is -2.79. The third-order valence-electron chi connectivity index (χ3n) is 16.6. The molecule has 1 unspecified atom stereocenters. The summed E-state index contributed by atoms with van der Waals surface area (Å²) in [4.78, 5) is 73.9. The zero-order chi connectivity index (χ0) is 47.9. The van der Waals surface area contributed by atoms with E-state index >= 15 is 4.39 Å². The van der Waals surface area contributed by atoms with E-state index < -0.39 is 64.0 Å². The maximum atomic E-state index is 16.3. The number of nitrogens with zero attached hydrogens (tertiary/aromatic N) is 3. The number of aromatic nitrogens is 1. The summed E-state index contributed by atoms with van der Waals surface area (Å²) < 4.78 is 57.9. The molecule has 356 valence electrons. The van der Waals surface area contributed by atoms with Crippen LogP contribution >= 0.6 is 11.6 Å². The summed E-state index contributed by atoms with van der Waals surface area (Å²) in [7, 11) is 0. The number of likely N-dealkylation sites (tertiary alicyclic amines) is 1. The standard InChI is InChI=1S/C51H52ClF4N7O5/c1-46(2,3)20-37-50(26-58-34-18-36(51(54,55)56)57-21-32(34)50)39(30-8-5-9-33(52)40(30)53)41(59-37)43(66)61-49-23-48(24-49,25-49)45(68)62-16-14-47(15-17-62)19-28(47)11-10-27-6-4-7-29-31(27)22-63(44(29)67)35-12-13-38(64)60-42(35)65/h4-9,18,21,28,35,37,39,41,58-59H,12-17,19-20,22-26H2,1-3H3,(H,61,66)(H,60,64,65)/t28-,35?,37-,39-,41+,48?,49?,50-/m0/s1. The van der Waals surface area contributed by atoms with Gasteiger partial charge >= 0.3 is 6.18 Å². The van der Waals surface area contributed by atoms with Gasteiger partial charge in [-0.3, -0.25) is 34.3 Å². The molecule has 17 heteroatoms. The molecule has 2 aromatic carbocycles. The first-order chi connectivity index (χ1) is 32.1. The Morgan fingerprint density at radius 3 is 2.47 bits per heavy atom. The maximum absolute atomic E-state index is 16.3. The molecule has 4 aliphatic carbocycles. The summed E-state index contributed by atoms with van der Waals surface area (Å²) in [5, 5.41) is 12.2. The van der Waals surface area contributed by atoms with Crippen LogP contribution in [0.4, 0.5) is 23.2 Å². The zero-order valence-electron chi connectivity index (χ0n) is 38.0. The van der Waals surface area contributed by atoms with Gasteiger partial charge in [0.2, 0.25) is 23.6 Å². The van der Waals surface area contributed by atoms with E-state index in [-0.39, 0.29) is 82.6 Å². The van der Waals surface area contributed by atoms with Crippen molar-refractivity contribution in [2.75, 3.05) is 25.0 Å². The Morgan fingerprint density at radius 2 is 1.76 bits per heavy atom. The molecular formula is C51H52ClF4N7O5. The molecule has 12 nitrogen and oxygen atoms in total. The van der Waals surface area contributed by atoms with Crippen molar-refractivity contribution in [3.8, 4) is 11.8 Å². The summed E-state index contributed by atoms with van der Waals surface area (Å²) >= 11 is 6.38. The van der Waals surface area contributed by atoms with E-state index in [1.54, 1.807) is 24.3 Å². The number of amides is 5. The monoisotopic (exact) mass is 953 g/mol. The van der Waals surface area contributed by atoms with Gasteiger partial charge in [-0.15, -0.1) is 0 Å². The quantitative estimate of drug-likeness (QED) is 0.123. The van der Waals surface area contributed by atoms with Crippen LogP contribution in [0.2, 0.25) is 5.02 Å². The maximum Gasteiger partial charge on any atom is 0.433 e. The molecule has 6 atom stereocenters. The summed E-state index contributed by atoms with van der Waals surface area (Å²) in [6, 6.07) is 8.91. The number of rotatable bonds is 6. The van der Waals surface area contributed by atoms with Crippen LogP contribution in [-0.4, -0.2) is 87.6 Å². The van der Waals surface area contributed by atoms with Crippen LogP contribution in [0.3, 0.4) is 0 Å². The number of anilines is 1. The molecule has 0 radical (unpaired) electrons. The first-order valence-corrected chi connectivity index (χ1v) is 23.9. The summed E-state index contributed by atoms with van der Waals surface area (Å²) in [6.45, 7) is 7.74. The van der Waals surface area contributed by atoms with Crippen LogP contribution in [0, 0.1) is 39.8 Å². The average Bonchev–Trinajstić information content (AvgIpc) is 3.47. The number of alkyl halides is 3.